The largest absolute Gasteiger partial charge is 0.417 e. The van der Waals surface area contributed by atoms with Crippen molar-refractivity contribution in [3.05, 3.63) is 39.7 Å². The first kappa shape index (κ1) is 12.4. The molecule has 0 aliphatic heterocycles. The van der Waals surface area contributed by atoms with Crippen molar-refractivity contribution in [3.8, 4) is 11.8 Å². The lowest BCUT2D eigenvalue weighted by Gasteiger charge is -2.03. The van der Waals surface area contributed by atoms with Crippen molar-refractivity contribution < 1.29 is 9.15 Å². The Labute approximate surface area is 112 Å². The first-order valence-corrected chi connectivity index (χ1v) is 6.08. The van der Waals surface area contributed by atoms with Crippen LogP contribution in [0, 0.1) is 0 Å². The van der Waals surface area contributed by atoms with E-state index in [1.165, 1.54) is 0 Å². The van der Waals surface area contributed by atoms with Gasteiger partial charge in [-0.2, -0.15) is 4.98 Å². The van der Waals surface area contributed by atoms with Crippen molar-refractivity contribution in [1.82, 2.24) is 10.3 Å². The fourth-order valence-electron chi connectivity index (χ4n) is 1.25. The monoisotopic (exact) mass is 316 g/mol. The molecule has 0 amide bonds. The third-order valence-corrected chi connectivity index (χ3v) is 2.83. The molecule has 0 bridgehead atoms. The Balaban J connectivity index is 2.13. The summed E-state index contributed by atoms with van der Waals surface area (Å²) in [5, 5.41) is 3.61. The summed E-state index contributed by atoms with van der Waals surface area (Å²) in [5.41, 5.74) is 0.785. The molecule has 0 fully saturated rings. The van der Waals surface area contributed by atoms with E-state index in [4.69, 9.17) is 20.8 Å². The molecule has 2 rings (SSSR count). The number of aromatic nitrogens is 1. The van der Waals surface area contributed by atoms with Crippen LogP contribution in [0.2, 0.25) is 5.02 Å². The maximum absolute atomic E-state index is 5.83. The molecule has 4 nitrogen and oxygen atoms in total. The van der Waals surface area contributed by atoms with Crippen molar-refractivity contribution >= 4 is 27.5 Å². The molecule has 90 valence electrons. The molecule has 1 N–H and O–H groups in total. The summed E-state index contributed by atoms with van der Waals surface area (Å²) in [4.78, 5) is 4.15. The lowest BCUT2D eigenvalue weighted by atomic mass is 10.3. The van der Waals surface area contributed by atoms with E-state index in [0.717, 1.165) is 10.2 Å². The summed E-state index contributed by atoms with van der Waals surface area (Å²) in [6, 6.07) is 5.22. The van der Waals surface area contributed by atoms with Gasteiger partial charge in [0.05, 0.1) is 10.2 Å². The van der Waals surface area contributed by atoms with E-state index < -0.39 is 0 Å². The molecule has 1 aromatic heterocycles. The van der Waals surface area contributed by atoms with E-state index in [1.54, 1.807) is 24.5 Å². The summed E-state index contributed by atoms with van der Waals surface area (Å²) in [6.45, 7) is 0.634. The van der Waals surface area contributed by atoms with Crippen LogP contribution in [0.4, 0.5) is 0 Å². The van der Waals surface area contributed by atoms with Gasteiger partial charge >= 0.3 is 6.08 Å². The summed E-state index contributed by atoms with van der Waals surface area (Å²) >= 11 is 9.18. The average Bonchev–Trinajstić information content (AvgIpc) is 2.71. The first-order valence-electron chi connectivity index (χ1n) is 4.91. The number of hydrogen-bond acceptors (Lipinski definition) is 4. The highest BCUT2D eigenvalue weighted by atomic mass is 79.9. The van der Waals surface area contributed by atoms with Crippen molar-refractivity contribution in [2.24, 2.45) is 0 Å². The fourth-order valence-corrected chi connectivity index (χ4v) is 2.01. The van der Waals surface area contributed by atoms with E-state index >= 15 is 0 Å². The Kier molecular flexibility index (Phi) is 4.04. The van der Waals surface area contributed by atoms with Crippen molar-refractivity contribution in [1.29, 1.82) is 0 Å². The minimum absolute atomic E-state index is 0.207. The zero-order chi connectivity index (χ0) is 12.3. The van der Waals surface area contributed by atoms with E-state index in [0.29, 0.717) is 17.3 Å². The molecule has 0 unspecified atom stereocenters. The Morgan fingerprint density at radius 1 is 1.53 bits per heavy atom. The van der Waals surface area contributed by atoms with Gasteiger partial charge in [0.25, 0.3) is 0 Å². The topological polar surface area (TPSA) is 47.3 Å². The number of nitrogens with one attached hydrogen (secondary N) is 1. The van der Waals surface area contributed by atoms with Gasteiger partial charge in [0.1, 0.15) is 12.0 Å². The van der Waals surface area contributed by atoms with Crippen LogP contribution in [-0.2, 0) is 6.54 Å². The quantitative estimate of drug-likeness (QED) is 0.936. The van der Waals surface area contributed by atoms with E-state index in [1.807, 2.05) is 7.05 Å². The van der Waals surface area contributed by atoms with Gasteiger partial charge in [-0.25, -0.2) is 0 Å². The Morgan fingerprint density at radius 2 is 2.35 bits per heavy atom. The van der Waals surface area contributed by atoms with Crippen LogP contribution in [0.3, 0.4) is 0 Å². The molecule has 2 aromatic rings. The second-order valence-corrected chi connectivity index (χ2v) is 4.60. The number of nitrogens with zero attached hydrogens (tertiary/aromatic N) is 1. The van der Waals surface area contributed by atoms with Gasteiger partial charge in [-0.3, -0.25) is 0 Å². The molecule has 1 aromatic carbocycles. The Hall–Kier alpha value is -1.04. The molecule has 0 spiro atoms. The molecule has 0 saturated carbocycles. The SMILES string of the molecule is CNCc1coc(Oc2ccc(Cl)cc2Br)n1. The number of rotatable bonds is 4. The van der Waals surface area contributed by atoms with Crippen LogP contribution >= 0.6 is 27.5 Å². The van der Waals surface area contributed by atoms with Gasteiger partial charge in [0.2, 0.25) is 0 Å². The number of halogens is 2. The molecule has 6 heteroatoms. The van der Waals surface area contributed by atoms with Gasteiger partial charge < -0.3 is 14.5 Å². The van der Waals surface area contributed by atoms with Gasteiger partial charge in [-0.1, -0.05) is 11.6 Å². The van der Waals surface area contributed by atoms with Gasteiger partial charge in [-0.15, -0.1) is 0 Å². The molecule has 1 heterocycles. The molecular formula is C11H10BrClN2O2. The highest BCUT2D eigenvalue weighted by Crippen LogP contribution is 2.31. The van der Waals surface area contributed by atoms with Crippen LogP contribution < -0.4 is 10.1 Å². The zero-order valence-corrected chi connectivity index (χ0v) is 11.4. The van der Waals surface area contributed by atoms with E-state index in [-0.39, 0.29) is 6.08 Å². The maximum atomic E-state index is 5.83. The lowest BCUT2D eigenvalue weighted by Crippen LogP contribution is -2.04. The minimum Gasteiger partial charge on any atom is -0.417 e. The van der Waals surface area contributed by atoms with Crippen LogP contribution in [0.5, 0.6) is 11.8 Å². The number of ether oxygens (including phenoxy) is 1. The minimum atomic E-state index is 0.207. The average molecular weight is 318 g/mol. The van der Waals surface area contributed by atoms with Crippen LogP contribution in [0.1, 0.15) is 5.69 Å². The zero-order valence-electron chi connectivity index (χ0n) is 9.04. The summed E-state index contributed by atoms with van der Waals surface area (Å²) in [6.07, 6.45) is 1.76. The van der Waals surface area contributed by atoms with Crippen molar-refractivity contribution in [3.63, 3.8) is 0 Å². The third-order valence-electron chi connectivity index (χ3n) is 1.98. The highest BCUT2D eigenvalue weighted by Gasteiger charge is 2.08. The molecule has 0 radical (unpaired) electrons. The van der Waals surface area contributed by atoms with Crippen LogP contribution in [0.15, 0.2) is 33.4 Å². The van der Waals surface area contributed by atoms with E-state index in [9.17, 15) is 0 Å². The summed E-state index contributed by atoms with van der Waals surface area (Å²) < 4.78 is 11.4. The van der Waals surface area contributed by atoms with Crippen molar-refractivity contribution in [2.45, 2.75) is 6.54 Å². The number of hydrogen-bond donors (Lipinski definition) is 1. The van der Waals surface area contributed by atoms with Gasteiger partial charge in [-0.05, 0) is 41.2 Å². The predicted molar refractivity (Wildman–Crippen MR) is 68.5 cm³/mol. The third kappa shape index (κ3) is 3.21. The Bertz CT molecular complexity index is 516. The molecule has 0 aliphatic rings. The second-order valence-electron chi connectivity index (χ2n) is 3.31. The highest BCUT2D eigenvalue weighted by molar-refractivity contribution is 9.10. The van der Waals surface area contributed by atoms with Crippen LogP contribution in [0.25, 0.3) is 0 Å². The summed E-state index contributed by atoms with van der Waals surface area (Å²) in [5.74, 6) is 0.604. The van der Waals surface area contributed by atoms with Gasteiger partial charge in [0.15, 0.2) is 0 Å². The normalized spacial score (nSPS) is 10.5. The first-order chi connectivity index (χ1) is 8.19. The lowest BCUT2D eigenvalue weighted by molar-refractivity contribution is 0.329. The van der Waals surface area contributed by atoms with Crippen LogP contribution in [-0.4, -0.2) is 12.0 Å². The number of oxazole rings is 1. The predicted octanol–water partition coefficient (Wildman–Crippen LogP) is 3.60. The molecule has 0 saturated heterocycles. The molecule has 0 atom stereocenters. The second kappa shape index (κ2) is 5.53. The Morgan fingerprint density at radius 3 is 3.06 bits per heavy atom. The smallest absolute Gasteiger partial charge is 0.399 e. The number of benzene rings is 1. The van der Waals surface area contributed by atoms with Gasteiger partial charge in [0, 0.05) is 11.6 Å². The van der Waals surface area contributed by atoms with Crippen molar-refractivity contribution in [2.75, 3.05) is 7.05 Å². The standard InChI is InChI=1S/C11H10BrClN2O2/c1-14-5-8-6-16-11(15-8)17-10-3-2-7(13)4-9(10)12/h2-4,6,14H,5H2,1H3. The molecular weight excluding hydrogens is 307 g/mol. The van der Waals surface area contributed by atoms with E-state index in [2.05, 4.69) is 26.2 Å². The summed E-state index contributed by atoms with van der Waals surface area (Å²) in [7, 11) is 1.84. The molecule has 17 heavy (non-hydrogen) atoms. The fraction of sp³-hybridized carbons (Fsp3) is 0.182. The maximum Gasteiger partial charge on any atom is 0.399 e. The molecule has 0 aliphatic carbocycles.